The molecule has 0 saturated heterocycles. The maximum absolute atomic E-state index is 5.35. The Morgan fingerprint density at radius 2 is 1.31 bits per heavy atom. The standard InChI is InChI=1S/C31H27N5/c1-3-23-19-28-30(32-20-23)29(24-21-33-35(2)22-24)34-36(28)31(25-13-7-4-8-14-25,26-15-9-5-10-16-26)27-17-11-6-12-18-27/h4-22H,3H2,1-2H3. The SMILES string of the molecule is CCc1cnc2c(-c3cnn(C)c3)nn(C(c3ccccc3)(c3ccccc3)c3ccccc3)c2c1. The number of hydrogen-bond donors (Lipinski definition) is 0. The lowest BCUT2D eigenvalue weighted by atomic mass is 9.77. The molecule has 3 heterocycles. The molecule has 0 saturated carbocycles. The zero-order chi connectivity index (χ0) is 24.5. The minimum atomic E-state index is -0.712. The Morgan fingerprint density at radius 3 is 1.78 bits per heavy atom. The molecule has 3 aromatic heterocycles. The van der Waals surface area contributed by atoms with E-state index in [1.807, 2.05) is 25.6 Å². The Kier molecular flexibility index (Phi) is 5.45. The van der Waals surface area contributed by atoms with Crippen molar-refractivity contribution in [1.29, 1.82) is 0 Å². The first kappa shape index (κ1) is 22.0. The molecule has 6 rings (SSSR count). The van der Waals surface area contributed by atoms with Crippen LogP contribution in [0, 0.1) is 0 Å². The predicted octanol–water partition coefficient (Wildman–Crippen LogP) is 6.23. The molecule has 5 heteroatoms. The fourth-order valence-corrected chi connectivity index (χ4v) is 5.13. The first-order valence-corrected chi connectivity index (χ1v) is 12.3. The van der Waals surface area contributed by atoms with Crippen LogP contribution in [0.15, 0.2) is 116 Å². The third-order valence-electron chi connectivity index (χ3n) is 6.86. The highest BCUT2D eigenvalue weighted by atomic mass is 15.3. The molecule has 3 aromatic carbocycles. The van der Waals surface area contributed by atoms with Gasteiger partial charge in [-0.3, -0.25) is 9.67 Å². The average molecular weight is 470 g/mol. The highest BCUT2D eigenvalue weighted by molar-refractivity contribution is 5.90. The molecule has 0 aliphatic carbocycles. The summed E-state index contributed by atoms with van der Waals surface area (Å²) >= 11 is 0. The minimum Gasteiger partial charge on any atom is -0.275 e. The molecule has 6 aromatic rings. The second kappa shape index (κ2) is 8.93. The van der Waals surface area contributed by atoms with E-state index in [0.717, 1.165) is 45.4 Å². The summed E-state index contributed by atoms with van der Waals surface area (Å²) in [5.74, 6) is 0. The second-order valence-corrected chi connectivity index (χ2v) is 9.04. The van der Waals surface area contributed by atoms with Gasteiger partial charge in [0.2, 0.25) is 0 Å². The van der Waals surface area contributed by atoms with Crippen LogP contribution in [0.25, 0.3) is 22.3 Å². The van der Waals surface area contributed by atoms with Crippen LogP contribution in [0.3, 0.4) is 0 Å². The van der Waals surface area contributed by atoms with Gasteiger partial charge in [0.25, 0.3) is 0 Å². The summed E-state index contributed by atoms with van der Waals surface area (Å²) in [5.41, 5.74) is 7.48. The number of nitrogens with zero attached hydrogens (tertiary/aromatic N) is 5. The summed E-state index contributed by atoms with van der Waals surface area (Å²) in [6.45, 7) is 2.16. The normalized spacial score (nSPS) is 11.7. The van der Waals surface area contributed by atoms with Crippen molar-refractivity contribution in [2.45, 2.75) is 18.9 Å². The summed E-state index contributed by atoms with van der Waals surface area (Å²) in [5, 5.41) is 9.77. The quantitative estimate of drug-likeness (QED) is 0.272. The van der Waals surface area contributed by atoms with Crippen LogP contribution in [-0.4, -0.2) is 24.5 Å². The monoisotopic (exact) mass is 469 g/mol. The molecule has 0 aliphatic rings. The number of aromatic nitrogens is 5. The Bertz CT molecular complexity index is 1520. The molecule has 0 N–H and O–H groups in total. The Balaban J connectivity index is 1.80. The summed E-state index contributed by atoms with van der Waals surface area (Å²) in [4.78, 5) is 4.93. The molecule has 0 spiro atoms. The van der Waals surface area contributed by atoms with E-state index >= 15 is 0 Å². The molecule has 36 heavy (non-hydrogen) atoms. The summed E-state index contributed by atoms with van der Waals surface area (Å²) in [7, 11) is 1.92. The molecule has 5 nitrogen and oxygen atoms in total. The van der Waals surface area contributed by atoms with Crippen molar-refractivity contribution in [3.8, 4) is 11.3 Å². The first-order valence-electron chi connectivity index (χ1n) is 12.3. The van der Waals surface area contributed by atoms with E-state index < -0.39 is 5.54 Å². The minimum absolute atomic E-state index is 0.712. The zero-order valence-corrected chi connectivity index (χ0v) is 20.4. The lowest BCUT2D eigenvalue weighted by Gasteiger charge is -2.37. The van der Waals surface area contributed by atoms with Gasteiger partial charge in [0.15, 0.2) is 0 Å². The molecular formula is C31H27N5. The summed E-state index contributed by atoms with van der Waals surface area (Å²) < 4.78 is 3.98. The highest BCUT2D eigenvalue weighted by Gasteiger charge is 2.41. The Morgan fingerprint density at radius 1 is 0.750 bits per heavy atom. The van der Waals surface area contributed by atoms with Gasteiger partial charge in [0.05, 0.1) is 11.7 Å². The molecule has 176 valence electrons. The van der Waals surface area contributed by atoms with Gasteiger partial charge < -0.3 is 0 Å². The van der Waals surface area contributed by atoms with Crippen molar-refractivity contribution < 1.29 is 0 Å². The summed E-state index contributed by atoms with van der Waals surface area (Å²) in [6, 6.07) is 34.1. The topological polar surface area (TPSA) is 48.5 Å². The van der Waals surface area contributed by atoms with Gasteiger partial charge in [-0.1, -0.05) is 97.9 Å². The van der Waals surface area contributed by atoms with Crippen LogP contribution in [0.4, 0.5) is 0 Å². The number of rotatable bonds is 6. The first-order chi connectivity index (χ1) is 17.7. The van der Waals surface area contributed by atoms with Crippen molar-refractivity contribution >= 4 is 11.0 Å². The van der Waals surface area contributed by atoms with Gasteiger partial charge in [-0.15, -0.1) is 0 Å². The van der Waals surface area contributed by atoms with Crippen molar-refractivity contribution in [3.05, 3.63) is 138 Å². The number of hydrogen-bond acceptors (Lipinski definition) is 3. The van der Waals surface area contributed by atoms with E-state index in [1.54, 1.807) is 4.68 Å². The van der Waals surface area contributed by atoms with Crippen LogP contribution in [-0.2, 0) is 19.0 Å². The van der Waals surface area contributed by atoms with Gasteiger partial charge in [-0.25, -0.2) is 4.68 Å². The maximum Gasteiger partial charge on any atom is 0.138 e. The Labute approximate surface area is 210 Å². The van der Waals surface area contributed by atoms with Crippen LogP contribution in [0.2, 0.25) is 0 Å². The van der Waals surface area contributed by atoms with Crippen molar-refractivity contribution in [3.63, 3.8) is 0 Å². The smallest absolute Gasteiger partial charge is 0.138 e. The van der Waals surface area contributed by atoms with E-state index in [4.69, 9.17) is 10.1 Å². The second-order valence-electron chi connectivity index (χ2n) is 9.04. The van der Waals surface area contributed by atoms with Crippen molar-refractivity contribution in [2.24, 2.45) is 7.05 Å². The highest BCUT2D eigenvalue weighted by Crippen LogP contribution is 2.43. The number of fused-ring (bicyclic) bond motifs is 1. The molecule has 0 amide bonds. The molecule has 0 fully saturated rings. The number of pyridine rings is 1. The van der Waals surface area contributed by atoms with Crippen LogP contribution < -0.4 is 0 Å². The van der Waals surface area contributed by atoms with Crippen LogP contribution in [0.5, 0.6) is 0 Å². The van der Waals surface area contributed by atoms with Gasteiger partial charge in [0.1, 0.15) is 16.7 Å². The van der Waals surface area contributed by atoms with Crippen molar-refractivity contribution in [2.75, 3.05) is 0 Å². The van der Waals surface area contributed by atoms with E-state index in [0.29, 0.717) is 0 Å². The molecule has 0 atom stereocenters. The van der Waals surface area contributed by atoms with Crippen LogP contribution >= 0.6 is 0 Å². The summed E-state index contributed by atoms with van der Waals surface area (Å²) in [6.07, 6.45) is 6.71. The zero-order valence-electron chi connectivity index (χ0n) is 20.4. The molecular weight excluding hydrogens is 442 g/mol. The molecule has 0 aliphatic heterocycles. The van der Waals surface area contributed by atoms with Crippen molar-refractivity contribution in [1.82, 2.24) is 24.5 Å². The van der Waals surface area contributed by atoms with Gasteiger partial charge in [0, 0.05) is 25.0 Å². The third-order valence-corrected chi connectivity index (χ3v) is 6.86. The molecule has 0 radical (unpaired) electrons. The fraction of sp³-hybridized carbons (Fsp3) is 0.129. The molecule has 0 bridgehead atoms. The van der Waals surface area contributed by atoms with E-state index in [2.05, 4.69) is 114 Å². The lowest BCUT2D eigenvalue weighted by Crippen LogP contribution is -2.38. The van der Waals surface area contributed by atoms with Gasteiger partial charge in [-0.05, 0) is 34.7 Å². The fourth-order valence-electron chi connectivity index (χ4n) is 5.13. The lowest BCUT2D eigenvalue weighted by molar-refractivity contribution is 0.477. The Hall–Kier alpha value is -4.51. The van der Waals surface area contributed by atoms with Gasteiger partial charge >= 0.3 is 0 Å². The van der Waals surface area contributed by atoms with E-state index in [9.17, 15) is 0 Å². The van der Waals surface area contributed by atoms with Crippen LogP contribution in [0.1, 0.15) is 29.2 Å². The van der Waals surface area contributed by atoms with E-state index in [-0.39, 0.29) is 0 Å². The largest absolute Gasteiger partial charge is 0.275 e. The number of benzene rings is 3. The van der Waals surface area contributed by atoms with E-state index in [1.165, 1.54) is 5.56 Å². The third kappa shape index (κ3) is 3.43. The molecule has 0 unspecified atom stereocenters. The predicted molar refractivity (Wildman–Crippen MR) is 144 cm³/mol. The number of aryl methyl sites for hydroxylation is 2. The average Bonchev–Trinajstić information content (AvgIpc) is 3.54. The maximum atomic E-state index is 5.35. The van der Waals surface area contributed by atoms with Gasteiger partial charge in [-0.2, -0.15) is 10.2 Å².